The van der Waals surface area contributed by atoms with Crippen LogP contribution in [-0.2, 0) is 4.79 Å². The highest BCUT2D eigenvalue weighted by atomic mass is 16.3. The second-order valence-corrected chi connectivity index (χ2v) is 5.75. The number of nitrogens with zero attached hydrogens (tertiary/aromatic N) is 2. The number of hydrogen-bond acceptors (Lipinski definition) is 3. The van der Waals surface area contributed by atoms with Gasteiger partial charge in [0, 0.05) is 38.5 Å². The Balaban J connectivity index is 2.57. The van der Waals surface area contributed by atoms with E-state index in [4.69, 9.17) is 0 Å². The summed E-state index contributed by atoms with van der Waals surface area (Å²) in [6.07, 6.45) is 0.439. The molecule has 6 nitrogen and oxygen atoms in total. The first-order chi connectivity index (χ1) is 12.2. The van der Waals surface area contributed by atoms with Gasteiger partial charge in [0.25, 0.3) is 0 Å². The average Bonchev–Trinajstić information content (AvgIpc) is 2.64. The van der Waals surface area contributed by atoms with Crippen molar-refractivity contribution in [2.75, 3.05) is 39.3 Å². The fourth-order valence-corrected chi connectivity index (χ4v) is 2.56. The molecule has 0 radical (unpaired) electrons. The van der Waals surface area contributed by atoms with Gasteiger partial charge in [-0.15, -0.1) is 0 Å². The summed E-state index contributed by atoms with van der Waals surface area (Å²) in [5, 5.41) is 16.0. The molecule has 0 spiro atoms. The number of hydrogen-bond donors (Lipinski definition) is 3. The Bertz CT molecular complexity index is 515. The van der Waals surface area contributed by atoms with Crippen LogP contribution in [0.3, 0.4) is 0 Å². The minimum absolute atomic E-state index is 0.0334. The standard InChI is InChI=1S/C19H32N4O2/c1-4-20-19(21-13-12-18(25)23(5-2)6-3)22-14-17(15-24)16-10-8-7-9-11-16/h7-11,17,24H,4-6,12-15H2,1-3H3,(H2,20,21,22). The van der Waals surface area contributed by atoms with Crippen LogP contribution in [0.2, 0.25) is 0 Å². The molecular weight excluding hydrogens is 316 g/mol. The summed E-state index contributed by atoms with van der Waals surface area (Å²) in [5.41, 5.74) is 1.07. The summed E-state index contributed by atoms with van der Waals surface area (Å²) in [6.45, 7) is 9.25. The van der Waals surface area contributed by atoms with Gasteiger partial charge in [-0.3, -0.25) is 9.79 Å². The Morgan fingerprint density at radius 3 is 2.40 bits per heavy atom. The molecule has 0 bridgehead atoms. The molecule has 0 aliphatic rings. The summed E-state index contributed by atoms with van der Waals surface area (Å²) >= 11 is 0. The van der Waals surface area contributed by atoms with Crippen molar-refractivity contribution in [2.45, 2.75) is 33.1 Å². The largest absolute Gasteiger partial charge is 0.396 e. The number of amides is 1. The molecule has 0 saturated heterocycles. The summed E-state index contributed by atoms with van der Waals surface area (Å²) in [6, 6.07) is 9.88. The van der Waals surface area contributed by atoms with Gasteiger partial charge in [0.15, 0.2) is 5.96 Å². The van der Waals surface area contributed by atoms with Gasteiger partial charge < -0.3 is 20.6 Å². The number of aliphatic hydroxyl groups excluding tert-OH is 1. The predicted octanol–water partition coefficient (Wildman–Crippen LogP) is 1.58. The first kappa shape index (κ1) is 21.0. The number of benzene rings is 1. The number of nitrogens with one attached hydrogen (secondary N) is 2. The molecular formula is C19H32N4O2. The van der Waals surface area contributed by atoms with Crippen LogP contribution in [0, 0.1) is 0 Å². The molecule has 0 aromatic heterocycles. The molecule has 0 heterocycles. The molecule has 140 valence electrons. The van der Waals surface area contributed by atoms with Crippen molar-refractivity contribution in [1.82, 2.24) is 15.5 Å². The fraction of sp³-hybridized carbons (Fsp3) is 0.579. The maximum atomic E-state index is 12.0. The van der Waals surface area contributed by atoms with E-state index in [-0.39, 0.29) is 18.4 Å². The monoisotopic (exact) mass is 348 g/mol. The van der Waals surface area contributed by atoms with Crippen molar-refractivity contribution in [3.63, 3.8) is 0 Å². The van der Waals surface area contributed by atoms with Crippen molar-refractivity contribution in [3.05, 3.63) is 35.9 Å². The summed E-state index contributed by atoms with van der Waals surface area (Å²) < 4.78 is 0. The van der Waals surface area contributed by atoms with E-state index in [2.05, 4.69) is 15.6 Å². The van der Waals surface area contributed by atoms with E-state index in [0.717, 1.165) is 25.2 Å². The van der Waals surface area contributed by atoms with Crippen LogP contribution in [0.1, 0.15) is 38.7 Å². The highest BCUT2D eigenvalue weighted by Crippen LogP contribution is 2.14. The molecule has 0 saturated carbocycles. The lowest BCUT2D eigenvalue weighted by Crippen LogP contribution is -2.40. The second-order valence-electron chi connectivity index (χ2n) is 5.75. The zero-order valence-corrected chi connectivity index (χ0v) is 15.7. The van der Waals surface area contributed by atoms with Gasteiger partial charge in [-0.1, -0.05) is 30.3 Å². The van der Waals surface area contributed by atoms with E-state index in [1.165, 1.54) is 0 Å². The predicted molar refractivity (Wildman–Crippen MR) is 103 cm³/mol. The minimum atomic E-state index is -0.0334. The van der Waals surface area contributed by atoms with Crippen LogP contribution in [0.5, 0.6) is 0 Å². The summed E-state index contributed by atoms with van der Waals surface area (Å²) in [4.78, 5) is 18.4. The summed E-state index contributed by atoms with van der Waals surface area (Å²) in [7, 11) is 0. The first-order valence-electron chi connectivity index (χ1n) is 9.11. The number of carbonyl (C=O) groups is 1. The van der Waals surface area contributed by atoms with E-state index in [0.29, 0.717) is 25.5 Å². The van der Waals surface area contributed by atoms with Crippen molar-refractivity contribution in [1.29, 1.82) is 0 Å². The SMILES string of the molecule is CCNC(=NCC(CO)c1ccccc1)NCCC(=O)N(CC)CC. The first-order valence-corrected chi connectivity index (χ1v) is 9.11. The van der Waals surface area contributed by atoms with Crippen LogP contribution in [0.4, 0.5) is 0 Å². The van der Waals surface area contributed by atoms with Crippen LogP contribution in [-0.4, -0.2) is 61.2 Å². The Labute approximate surface area is 151 Å². The van der Waals surface area contributed by atoms with Gasteiger partial charge >= 0.3 is 0 Å². The Morgan fingerprint density at radius 2 is 1.84 bits per heavy atom. The lowest BCUT2D eigenvalue weighted by molar-refractivity contribution is -0.130. The van der Waals surface area contributed by atoms with Crippen molar-refractivity contribution < 1.29 is 9.90 Å². The highest BCUT2D eigenvalue weighted by molar-refractivity contribution is 5.81. The van der Waals surface area contributed by atoms with Gasteiger partial charge in [-0.2, -0.15) is 0 Å². The number of aliphatic hydroxyl groups is 1. The highest BCUT2D eigenvalue weighted by Gasteiger charge is 2.11. The zero-order chi connectivity index (χ0) is 18.5. The molecule has 1 rings (SSSR count). The van der Waals surface area contributed by atoms with Crippen molar-refractivity contribution in [2.24, 2.45) is 4.99 Å². The molecule has 3 N–H and O–H groups in total. The maximum Gasteiger partial charge on any atom is 0.224 e. The van der Waals surface area contributed by atoms with Crippen LogP contribution >= 0.6 is 0 Å². The van der Waals surface area contributed by atoms with Crippen LogP contribution in [0.15, 0.2) is 35.3 Å². The fourth-order valence-electron chi connectivity index (χ4n) is 2.56. The lowest BCUT2D eigenvalue weighted by Gasteiger charge is -2.19. The van der Waals surface area contributed by atoms with Gasteiger partial charge in [0.1, 0.15) is 0 Å². The third-order valence-electron chi connectivity index (χ3n) is 4.05. The van der Waals surface area contributed by atoms with E-state index in [1.54, 1.807) is 0 Å². The number of rotatable bonds is 10. The van der Waals surface area contributed by atoms with Crippen LogP contribution in [0.25, 0.3) is 0 Å². The van der Waals surface area contributed by atoms with Gasteiger partial charge in [0.2, 0.25) is 5.91 Å². The smallest absolute Gasteiger partial charge is 0.224 e. The van der Waals surface area contributed by atoms with Crippen molar-refractivity contribution >= 4 is 11.9 Å². The lowest BCUT2D eigenvalue weighted by atomic mass is 10.0. The molecule has 0 aliphatic heterocycles. The van der Waals surface area contributed by atoms with E-state index >= 15 is 0 Å². The molecule has 1 atom stereocenters. The number of guanidine groups is 1. The minimum Gasteiger partial charge on any atom is -0.396 e. The Kier molecular flexibility index (Phi) is 10.3. The molecule has 6 heteroatoms. The Morgan fingerprint density at radius 1 is 1.16 bits per heavy atom. The van der Waals surface area contributed by atoms with E-state index < -0.39 is 0 Å². The third-order valence-corrected chi connectivity index (χ3v) is 4.05. The topological polar surface area (TPSA) is 77.0 Å². The number of aliphatic imine (C=N–C) groups is 1. The maximum absolute atomic E-state index is 12.0. The van der Waals surface area contributed by atoms with Gasteiger partial charge in [-0.25, -0.2) is 0 Å². The third kappa shape index (κ3) is 7.56. The average molecular weight is 348 g/mol. The van der Waals surface area contributed by atoms with E-state index in [9.17, 15) is 9.90 Å². The molecule has 0 aliphatic carbocycles. The Hall–Kier alpha value is -2.08. The molecule has 1 amide bonds. The molecule has 1 aromatic rings. The number of carbonyl (C=O) groups excluding carboxylic acids is 1. The second kappa shape index (κ2) is 12.3. The molecule has 25 heavy (non-hydrogen) atoms. The van der Waals surface area contributed by atoms with Gasteiger partial charge in [0.05, 0.1) is 13.2 Å². The van der Waals surface area contributed by atoms with Gasteiger partial charge in [-0.05, 0) is 26.3 Å². The molecule has 1 aromatic carbocycles. The van der Waals surface area contributed by atoms with Crippen molar-refractivity contribution in [3.8, 4) is 0 Å². The van der Waals surface area contributed by atoms with E-state index in [1.807, 2.05) is 56.0 Å². The van der Waals surface area contributed by atoms with Crippen LogP contribution < -0.4 is 10.6 Å². The zero-order valence-electron chi connectivity index (χ0n) is 15.7. The molecule has 1 unspecified atom stereocenters. The molecule has 0 fully saturated rings. The normalized spacial score (nSPS) is 12.6. The quantitative estimate of drug-likeness (QED) is 0.443. The summed E-state index contributed by atoms with van der Waals surface area (Å²) in [5.74, 6) is 0.782.